The summed E-state index contributed by atoms with van der Waals surface area (Å²) in [6, 6.07) is 7.64. The standard InChI is InChI=1S/C19H14F2N6O5S/c20-12-6-1-9(7-13(12)21)17(29)24-15-16(22)25-19(26-18(15)30)33-8-14(28)23-10-2-4-11(5-3-10)27(31)32/h1-7H,8H2,(H,23,28)(H,24,29)(H3,22,25,26,30). The highest BCUT2D eigenvalue weighted by Gasteiger charge is 2.16. The number of hydrogen-bond acceptors (Lipinski definition) is 8. The summed E-state index contributed by atoms with van der Waals surface area (Å²) in [6.07, 6.45) is 0. The third kappa shape index (κ3) is 5.88. The summed E-state index contributed by atoms with van der Waals surface area (Å²) in [4.78, 5) is 52.8. The fourth-order valence-corrected chi connectivity index (χ4v) is 3.15. The fourth-order valence-electron chi connectivity index (χ4n) is 2.48. The van der Waals surface area contributed by atoms with Crippen LogP contribution in [0.4, 0.5) is 31.7 Å². The number of nitrogens with zero attached hydrogens (tertiary/aromatic N) is 2. The molecule has 1 heterocycles. The van der Waals surface area contributed by atoms with Gasteiger partial charge in [0.25, 0.3) is 17.2 Å². The summed E-state index contributed by atoms with van der Waals surface area (Å²) in [5.74, 6) is -4.29. The van der Waals surface area contributed by atoms with Gasteiger partial charge in [-0.05, 0) is 30.3 Å². The van der Waals surface area contributed by atoms with E-state index in [9.17, 15) is 33.3 Å². The number of thioether (sulfide) groups is 1. The number of non-ortho nitro benzene ring substituents is 1. The second kappa shape index (κ2) is 9.86. The molecule has 0 saturated carbocycles. The van der Waals surface area contributed by atoms with Gasteiger partial charge in [0.05, 0.1) is 10.7 Å². The number of nitrogen functional groups attached to an aromatic ring is 1. The number of H-pyrrole nitrogens is 1. The average Bonchev–Trinajstić information content (AvgIpc) is 2.77. The molecule has 5 N–H and O–H groups in total. The van der Waals surface area contributed by atoms with Crippen LogP contribution in [0.5, 0.6) is 0 Å². The smallest absolute Gasteiger partial charge is 0.277 e. The molecule has 0 aliphatic carbocycles. The van der Waals surface area contributed by atoms with Crippen molar-refractivity contribution < 1.29 is 23.3 Å². The van der Waals surface area contributed by atoms with Crippen molar-refractivity contribution in [3.8, 4) is 0 Å². The summed E-state index contributed by atoms with van der Waals surface area (Å²) in [5.41, 5.74) is 4.47. The molecule has 0 atom stereocenters. The zero-order chi connectivity index (χ0) is 24.1. The lowest BCUT2D eigenvalue weighted by molar-refractivity contribution is -0.384. The van der Waals surface area contributed by atoms with Crippen LogP contribution < -0.4 is 21.9 Å². The second-order valence-corrected chi connectivity index (χ2v) is 7.32. The van der Waals surface area contributed by atoms with Crippen LogP contribution in [0.2, 0.25) is 0 Å². The molecule has 2 amide bonds. The van der Waals surface area contributed by atoms with E-state index in [-0.39, 0.29) is 28.0 Å². The molecular weight excluding hydrogens is 462 g/mol. The van der Waals surface area contributed by atoms with Crippen LogP contribution in [0.25, 0.3) is 0 Å². The lowest BCUT2D eigenvalue weighted by Gasteiger charge is -2.09. The maximum absolute atomic E-state index is 13.3. The van der Waals surface area contributed by atoms with E-state index in [2.05, 4.69) is 20.6 Å². The molecule has 11 nitrogen and oxygen atoms in total. The summed E-state index contributed by atoms with van der Waals surface area (Å²) < 4.78 is 26.3. The first-order valence-corrected chi connectivity index (χ1v) is 9.96. The lowest BCUT2D eigenvalue weighted by Crippen LogP contribution is -2.23. The van der Waals surface area contributed by atoms with E-state index in [1.807, 2.05) is 0 Å². The molecule has 33 heavy (non-hydrogen) atoms. The first kappa shape index (κ1) is 23.3. The quantitative estimate of drug-likeness (QED) is 0.174. The van der Waals surface area contributed by atoms with Crippen LogP contribution in [0.15, 0.2) is 52.4 Å². The molecule has 14 heteroatoms. The average molecular weight is 476 g/mol. The van der Waals surface area contributed by atoms with Crippen LogP contribution >= 0.6 is 11.8 Å². The van der Waals surface area contributed by atoms with Crippen molar-refractivity contribution in [2.24, 2.45) is 0 Å². The molecule has 0 aliphatic heterocycles. The van der Waals surface area contributed by atoms with Gasteiger partial charge >= 0.3 is 0 Å². The van der Waals surface area contributed by atoms with Crippen molar-refractivity contribution in [3.63, 3.8) is 0 Å². The van der Waals surface area contributed by atoms with E-state index in [0.29, 0.717) is 11.8 Å². The Kier molecular flexibility index (Phi) is 6.97. The number of halogens is 2. The minimum Gasteiger partial charge on any atom is -0.382 e. The number of amides is 2. The molecule has 3 rings (SSSR count). The third-order valence-corrected chi connectivity index (χ3v) is 4.92. The Labute approximate surface area is 187 Å². The Morgan fingerprint density at radius 3 is 2.42 bits per heavy atom. The molecule has 0 unspecified atom stereocenters. The zero-order valence-corrected chi connectivity index (χ0v) is 17.2. The summed E-state index contributed by atoms with van der Waals surface area (Å²) in [6.45, 7) is 0. The predicted molar refractivity (Wildman–Crippen MR) is 116 cm³/mol. The van der Waals surface area contributed by atoms with E-state index in [0.717, 1.165) is 23.9 Å². The van der Waals surface area contributed by atoms with Gasteiger partial charge < -0.3 is 16.4 Å². The highest BCUT2D eigenvalue weighted by Crippen LogP contribution is 2.19. The Balaban J connectivity index is 1.62. The number of nitrogens with one attached hydrogen (secondary N) is 3. The number of aromatic nitrogens is 2. The number of nitrogens with two attached hydrogens (primary N) is 1. The van der Waals surface area contributed by atoms with Crippen LogP contribution in [0, 0.1) is 21.7 Å². The third-order valence-electron chi connectivity index (χ3n) is 4.05. The van der Waals surface area contributed by atoms with Crippen molar-refractivity contribution in [2.75, 3.05) is 22.1 Å². The van der Waals surface area contributed by atoms with Crippen LogP contribution in [-0.2, 0) is 4.79 Å². The SMILES string of the molecule is Nc1nc(SCC(=O)Nc2ccc([N+](=O)[O-])cc2)[nH]c(=O)c1NC(=O)c1ccc(F)c(F)c1. The number of nitro groups is 1. The number of rotatable bonds is 7. The fraction of sp³-hybridized carbons (Fsp3) is 0.0526. The molecule has 0 spiro atoms. The Morgan fingerprint density at radius 2 is 1.82 bits per heavy atom. The van der Waals surface area contributed by atoms with Gasteiger partial charge in [0.1, 0.15) is 5.69 Å². The normalized spacial score (nSPS) is 10.5. The molecule has 170 valence electrons. The maximum Gasteiger partial charge on any atom is 0.277 e. The number of benzene rings is 2. The Morgan fingerprint density at radius 1 is 1.12 bits per heavy atom. The van der Waals surface area contributed by atoms with Crippen LogP contribution in [0.3, 0.4) is 0 Å². The summed E-state index contributed by atoms with van der Waals surface area (Å²) in [7, 11) is 0. The van der Waals surface area contributed by atoms with E-state index in [1.54, 1.807) is 0 Å². The molecule has 0 aliphatic rings. The highest BCUT2D eigenvalue weighted by molar-refractivity contribution is 7.99. The van der Waals surface area contributed by atoms with Crippen molar-refractivity contribution in [1.29, 1.82) is 0 Å². The maximum atomic E-state index is 13.3. The molecule has 3 aromatic rings. The number of hydrogen-bond donors (Lipinski definition) is 4. The number of anilines is 3. The van der Waals surface area contributed by atoms with Gasteiger partial charge in [0, 0.05) is 23.4 Å². The molecule has 2 aromatic carbocycles. The predicted octanol–water partition coefficient (Wildman–Crippen LogP) is 2.52. The van der Waals surface area contributed by atoms with Crippen molar-refractivity contribution >= 4 is 46.5 Å². The molecular formula is C19H14F2N6O5S. The van der Waals surface area contributed by atoms with Gasteiger partial charge in [-0.25, -0.2) is 13.8 Å². The summed E-state index contributed by atoms with van der Waals surface area (Å²) >= 11 is 0.841. The van der Waals surface area contributed by atoms with E-state index in [4.69, 9.17) is 5.73 Å². The van der Waals surface area contributed by atoms with E-state index in [1.165, 1.54) is 24.3 Å². The number of carbonyl (C=O) groups is 2. The molecule has 0 saturated heterocycles. The molecule has 0 bridgehead atoms. The zero-order valence-electron chi connectivity index (χ0n) is 16.4. The first-order chi connectivity index (χ1) is 15.6. The van der Waals surface area contributed by atoms with Gasteiger partial charge in [-0.2, -0.15) is 0 Å². The van der Waals surface area contributed by atoms with E-state index < -0.39 is 39.6 Å². The molecule has 0 fully saturated rings. The van der Waals surface area contributed by atoms with Gasteiger partial charge in [-0.3, -0.25) is 29.5 Å². The van der Waals surface area contributed by atoms with Crippen LogP contribution in [-0.4, -0.2) is 32.5 Å². The van der Waals surface area contributed by atoms with Crippen molar-refractivity contribution in [2.45, 2.75) is 5.16 Å². The monoisotopic (exact) mass is 476 g/mol. The van der Waals surface area contributed by atoms with Crippen LogP contribution in [0.1, 0.15) is 10.4 Å². The van der Waals surface area contributed by atoms with Gasteiger partial charge in [0.2, 0.25) is 5.91 Å². The van der Waals surface area contributed by atoms with Crippen molar-refractivity contribution in [3.05, 3.63) is 80.1 Å². The minimum atomic E-state index is -1.23. The van der Waals surface area contributed by atoms with Gasteiger partial charge in [-0.1, -0.05) is 11.8 Å². The largest absolute Gasteiger partial charge is 0.382 e. The van der Waals surface area contributed by atoms with Crippen molar-refractivity contribution in [1.82, 2.24) is 9.97 Å². The number of aromatic amines is 1. The molecule has 0 radical (unpaired) electrons. The minimum absolute atomic E-state index is 0.0119. The molecule has 1 aromatic heterocycles. The van der Waals surface area contributed by atoms with E-state index >= 15 is 0 Å². The topological polar surface area (TPSA) is 173 Å². The lowest BCUT2D eigenvalue weighted by atomic mass is 10.2. The van der Waals surface area contributed by atoms with Gasteiger partial charge in [-0.15, -0.1) is 0 Å². The Hall–Kier alpha value is -4.33. The number of carbonyl (C=O) groups excluding carboxylic acids is 2. The second-order valence-electron chi connectivity index (χ2n) is 6.36. The Bertz CT molecular complexity index is 1300. The van der Waals surface area contributed by atoms with Gasteiger partial charge in [0.15, 0.2) is 22.6 Å². The first-order valence-electron chi connectivity index (χ1n) is 8.97. The number of nitro benzene ring substituents is 1. The highest BCUT2D eigenvalue weighted by atomic mass is 32.2. The summed E-state index contributed by atoms with van der Waals surface area (Å²) in [5, 5.41) is 15.3.